The molecule has 0 aromatic carbocycles. The first-order valence-corrected chi connectivity index (χ1v) is 7.63. The number of thiocarbonyl (C=S) groups is 1. The molecule has 1 saturated heterocycles. The molecule has 19 heavy (non-hydrogen) atoms. The Labute approximate surface area is 120 Å². The van der Waals surface area contributed by atoms with Gasteiger partial charge in [-0.25, -0.2) is 4.98 Å². The summed E-state index contributed by atoms with van der Waals surface area (Å²) in [4.78, 5) is 7.73. The molecule has 2 N–H and O–H groups in total. The molecule has 0 unspecified atom stereocenters. The number of aryl methyl sites for hydroxylation is 2. The number of hydrogen-bond acceptors (Lipinski definition) is 3. The molecule has 0 bridgehead atoms. The summed E-state index contributed by atoms with van der Waals surface area (Å²) in [6, 6.07) is 2.19. The molecule has 0 amide bonds. The highest BCUT2D eigenvalue weighted by Crippen LogP contribution is 2.29. The van der Waals surface area contributed by atoms with Crippen LogP contribution in [0.4, 0.5) is 5.82 Å². The number of hydrogen-bond donors (Lipinski definition) is 1. The van der Waals surface area contributed by atoms with E-state index in [1.165, 1.54) is 30.5 Å². The fourth-order valence-corrected chi connectivity index (χ4v) is 3.25. The van der Waals surface area contributed by atoms with E-state index in [9.17, 15) is 0 Å². The number of piperidine rings is 1. The molecule has 1 aromatic heterocycles. The first kappa shape index (κ1) is 12.9. The Hall–Kier alpha value is -1.16. The van der Waals surface area contributed by atoms with E-state index in [0.29, 0.717) is 4.99 Å². The van der Waals surface area contributed by atoms with Crippen molar-refractivity contribution in [3.05, 3.63) is 22.9 Å². The Kier molecular flexibility index (Phi) is 3.44. The number of aromatic nitrogens is 1. The zero-order chi connectivity index (χ0) is 13.4. The third-order valence-electron chi connectivity index (χ3n) is 4.38. The summed E-state index contributed by atoms with van der Waals surface area (Å²) < 4.78 is 0. The maximum absolute atomic E-state index is 5.91. The number of nitrogens with two attached hydrogens (primary N) is 1. The quantitative estimate of drug-likeness (QED) is 0.842. The van der Waals surface area contributed by atoms with Crippen LogP contribution in [0.3, 0.4) is 0 Å². The van der Waals surface area contributed by atoms with Crippen molar-refractivity contribution in [1.82, 2.24) is 4.98 Å². The monoisotopic (exact) mass is 275 g/mol. The zero-order valence-corrected chi connectivity index (χ0v) is 12.3. The van der Waals surface area contributed by atoms with E-state index in [1.54, 1.807) is 0 Å². The molecule has 4 heteroatoms. The molecule has 3 nitrogen and oxygen atoms in total. The summed E-state index contributed by atoms with van der Waals surface area (Å²) in [5.74, 6) is 1.85. The second-order valence-electron chi connectivity index (χ2n) is 5.85. The number of pyridine rings is 1. The van der Waals surface area contributed by atoms with Gasteiger partial charge in [0, 0.05) is 18.8 Å². The molecule has 0 saturated carbocycles. The smallest absolute Gasteiger partial charge is 0.139 e. The van der Waals surface area contributed by atoms with Gasteiger partial charge in [0.25, 0.3) is 0 Å². The predicted octanol–water partition coefficient (Wildman–Crippen LogP) is 2.44. The van der Waals surface area contributed by atoms with Crippen LogP contribution in [-0.2, 0) is 12.8 Å². The summed E-state index contributed by atoms with van der Waals surface area (Å²) in [5.41, 5.74) is 9.49. The summed E-state index contributed by atoms with van der Waals surface area (Å²) in [6.07, 6.45) is 5.89. The van der Waals surface area contributed by atoms with E-state index in [-0.39, 0.29) is 0 Å². The molecule has 1 aromatic rings. The molecular weight excluding hydrogens is 254 g/mol. The van der Waals surface area contributed by atoms with Crippen LogP contribution in [0, 0.1) is 5.92 Å². The molecule has 1 fully saturated rings. The van der Waals surface area contributed by atoms with Gasteiger partial charge in [-0.1, -0.05) is 19.1 Å². The molecule has 2 aliphatic rings. The van der Waals surface area contributed by atoms with E-state index in [1.807, 2.05) is 0 Å². The molecule has 102 valence electrons. The van der Waals surface area contributed by atoms with Crippen LogP contribution in [-0.4, -0.2) is 23.1 Å². The minimum Gasteiger partial charge on any atom is -0.389 e. The average Bonchev–Trinajstić information content (AvgIpc) is 2.85. The first-order valence-electron chi connectivity index (χ1n) is 7.22. The topological polar surface area (TPSA) is 42.2 Å². The van der Waals surface area contributed by atoms with Gasteiger partial charge < -0.3 is 10.6 Å². The molecule has 1 aliphatic carbocycles. The standard InChI is InChI=1S/C15H21N3S/c1-10-5-7-18(8-6-10)15-12(14(16)19)9-11-3-2-4-13(11)17-15/h9-10H,2-8H2,1H3,(H2,16,19). The molecule has 1 aliphatic heterocycles. The third kappa shape index (κ3) is 2.46. The maximum atomic E-state index is 5.91. The van der Waals surface area contributed by atoms with Crippen LogP contribution < -0.4 is 10.6 Å². The van der Waals surface area contributed by atoms with Crippen LogP contribution in [0.5, 0.6) is 0 Å². The molecule has 3 rings (SSSR count). The Balaban J connectivity index is 1.97. The van der Waals surface area contributed by atoms with Crippen molar-refractivity contribution >= 4 is 23.0 Å². The summed E-state index contributed by atoms with van der Waals surface area (Å²) >= 11 is 5.22. The fraction of sp³-hybridized carbons (Fsp3) is 0.600. The Morgan fingerprint density at radius 1 is 1.37 bits per heavy atom. The maximum Gasteiger partial charge on any atom is 0.139 e. The second-order valence-corrected chi connectivity index (χ2v) is 6.29. The fourth-order valence-electron chi connectivity index (χ4n) is 3.10. The van der Waals surface area contributed by atoms with Crippen molar-refractivity contribution in [1.29, 1.82) is 0 Å². The van der Waals surface area contributed by atoms with Gasteiger partial charge in [0.05, 0.1) is 5.56 Å². The Morgan fingerprint density at radius 2 is 2.11 bits per heavy atom. The van der Waals surface area contributed by atoms with E-state index >= 15 is 0 Å². The van der Waals surface area contributed by atoms with Gasteiger partial charge in [-0.05, 0) is 49.7 Å². The second kappa shape index (κ2) is 5.08. The van der Waals surface area contributed by atoms with Crippen molar-refractivity contribution < 1.29 is 0 Å². The van der Waals surface area contributed by atoms with Gasteiger partial charge in [0.2, 0.25) is 0 Å². The minimum atomic E-state index is 0.482. The van der Waals surface area contributed by atoms with Gasteiger partial charge in [0.1, 0.15) is 10.8 Å². The first-order chi connectivity index (χ1) is 9.15. The highest BCUT2D eigenvalue weighted by molar-refractivity contribution is 7.80. The van der Waals surface area contributed by atoms with Crippen molar-refractivity contribution in [2.45, 2.75) is 39.0 Å². The normalized spacial score (nSPS) is 19.5. The van der Waals surface area contributed by atoms with Crippen LogP contribution >= 0.6 is 12.2 Å². The van der Waals surface area contributed by atoms with Crippen molar-refractivity contribution in [2.75, 3.05) is 18.0 Å². The Morgan fingerprint density at radius 3 is 2.79 bits per heavy atom. The predicted molar refractivity (Wildman–Crippen MR) is 82.8 cm³/mol. The Bertz CT molecular complexity index is 504. The third-order valence-corrected chi connectivity index (χ3v) is 4.60. The van der Waals surface area contributed by atoms with Gasteiger partial charge >= 0.3 is 0 Å². The van der Waals surface area contributed by atoms with E-state index in [0.717, 1.165) is 43.2 Å². The molecule has 0 atom stereocenters. The van der Waals surface area contributed by atoms with Gasteiger partial charge in [0.15, 0.2) is 0 Å². The lowest BCUT2D eigenvalue weighted by molar-refractivity contribution is 0.436. The zero-order valence-electron chi connectivity index (χ0n) is 11.5. The lowest BCUT2D eigenvalue weighted by atomic mass is 9.98. The minimum absolute atomic E-state index is 0.482. The largest absolute Gasteiger partial charge is 0.389 e. The molecular formula is C15H21N3S. The number of nitrogens with zero attached hydrogens (tertiary/aromatic N) is 2. The van der Waals surface area contributed by atoms with Crippen molar-refractivity contribution in [2.24, 2.45) is 11.7 Å². The summed E-state index contributed by atoms with van der Waals surface area (Å²) in [6.45, 7) is 4.47. The molecule has 0 radical (unpaired) electrons. The number of fused-ring (bicyclic) bond motifs is 1. The van der Waals surface area contributed by atoms with Crippen LogP contribution in [0.15, 0.2) is 6.07 Å². The lowest BCUT2D eigenvalue weighted by Gasteiger charge is -2.32. The van der Waals surface area contributed by atoms with Gasteiger partial charge in [-0.3, -0.25) is 0 Å². The SMILES string of the molecule is CC1CCN(c2nc3c(cc2C(N)=S)CCC3)CC1. The highest BCUT2D eigenvalue weighted by Gasteiger charge is 2.23. The van der Waals surface area contributed by atoms with E-state index in [4.69, 9.17) is 22.9 Å². The molecule has 0 spiro atoms. The number of anilines is 1. The number of rotatable bonds is 2. The van der Waals surface area contributed by atoms with E-state index in [2.05, 4.69) is 17.9 Å². The summed E-state index contributed by atoms with van der Waals surface area (Å²) in [5, 5.41) is 0. The lowest BCUT2D eigenvalue weighted by Crippen LogP contribution is -2.35. The highest BCUT2D eigenvalue weighted by atomic mass is 32.1. The van der Waals surface area contributed by atoms with Crippen LogP contribution in [0.25, 0.3) is 0 Å². The average molecular weight is 275 g/mol. The van der Waals surface area contributed by atoms with Gasteiger partial charge in [-0.2, -0.15) is 0 Å². The van der Waals surface area contributed by atoms with Crippen LogP contribution in [0.2, 0.25) is 0 Å². The van der Waals surface area contributed by atoms with Gasteiger partial charge in [-0.15, -0.1) is 0 Å². The van der Waals surface area contributed by atoms with Crippen LogP contribution in [0.1, 0.15) is 43.0 Å². The van der Waals surface area contributed by atoms with Crippen molar-refractivity contribution in [3.63, 3.8) is 0 Å². The van der Waals surface area contributed by atoms with E-state index < -0.39 is 0 Å². The van der Waals surface area contributed by atoms with Crippen molar-refractivity contribution in [3.8, 4) is 0 Å². The summed E-state index contributed by atoms with van der Waals surface area (Å²) in [7, 11) is 0. The molecule has 2 heterocycles.